The highest BCUT2D eigenvalue weighted by Crippen LogP contribution is 2.39. The molecule has 3 N–H and O–H groups in total. The summed E-state index contributed by atoms with van der Waals surface area (Å²) in [5.41, 5.74) is 1.69. The molecule has 1 unspecified atom stereocenters. The van der Waals surface area contributed by atoms with Crippen molar-refractivity contribution in [3.63, 3.8) is 0 Å². The smallest absolute Gasteiger partial charge is 0.409 e. The van der Waals surface area contributed by atoms with Gasteiger partial charge in [0.05, 0.1) is 5.56 Å². The summed E-state index contributed by atoms with van der Waals surface area (Å²) in [6.45, 7) is 3.94. The number of amides is 1. The van der Waals surface area contributed by atoms with E-state index in [9.17, 15) is 14.7 Å². The van der Waals surface area contributed by atoms with Crippen molar-refractivity contribution in [1.29, 1.82) is 0 Å². The van der Waals surface area contributed by atoms with Crippen molar-refractivity contribution in [3.05, 3.63) is 57.1 Å². The van der Waals surface area contributed by atoms with Crippen molar-refractivity contribution in [2.75, 3.05) is 5.32 Å². The van der Waals surface area contributed by atoms with Crippen LogP contribution in [0, 0.1) is 5.92 Å². The average molecular weight is 385 g/mol. The summed E-state index contributed by atoms with van der Waals surface area (Å²) in [6.07, 6.45) is 4.32. The van der Waals surface area contributed by atoms with Gasteiger partial charge in [0.2, 0.25) is 0 Å². The summed E-state index contributed by atoms with van der Waals surface area (Å²) in [5.74, 6) is 0.251. The highest BCUT2D eigenvalue weighted by Gasteiger charge is 2.29. The number of anilines is 1. The van der Waals surface area contributed by atoms with Crippen LogP contribution in [-0.2, 0) is 12.8 Å². The molecule has 150 valence electrons. The van der Waals surface area contributed by atoms with Gasteiger partial charge in [-0.15, -0.1) is 0 Å². The molecule has 2 aromatic rings. The third kappa shape index (κ3) is 4.21. The second-order valence-electron chi connectivity index (χ2n) is 7.75. The Morgan fingerprint density at radius 3 is 2.54 bits per heavy atom. The first-order chi connectivity index (χ1) is 13.4. The lowest BCUT2D eigenvalue weighted by molar-refractivity contribution is 0.209. The molecule has 28 heavy (non-hydrogen) atoms. The molecule has 0 fully saturated rings. The van der Waals surface area contributed by atoms with Gasteiger partial charge >= 0.3 is 11.7 Å². The molecule has 1 aromatic heterocycles. The Kier molecular flexibility index (Phi) is 6.07. The van der Waals surface area contributed by atoms with E-state index in [0.717, 1.165) is 36.8 Å². The number of nitrogens with one attached hydrogen (secondary N) is 1. The van der Waals surface area contributed by atoms with Crippen LogP contribution in [0.25, 0.3) is 0 Å². The van der Waals surface area contributed by atoms with Gasteiger partial charge in [0.15, 0.2) is 0 Å². The van der Waals surface area contributed by atoms with Gasteiger partial charge in [-0.25, -0.2) is 9.59 Å². The fourth-order valence-corrected chi connectivity index (χ4v) is 4.11. The van der Waals surface area contributed by atoms with Crippen molar-refractivity contribution in [1.82, 2.24) is 0 Å². The van der Waals surface area contributed by atoms with E-state index in [1.165, 1.54) is 0 Å². The lowest BCUT2D eigenvalue weighted by atomic mass is 9.81. The predicted molar refractivity (Wildman–Crippen MR) is 107 cm³/mol. The number of hydrogen-bond acceptors (Lipinski definition) is 4. The number of aryl methyl sites for hydroxylation is 1. The quantitative estimate of drug-likeness (QED) is 0.696. The maximum absolute atomic E-state index is 12.9. The number of carbonyl (C=O) groups is 1. The van der Waals surface area contributed by atoms with Crippen LogP contribution in [0.4, 0.5) is 10.5 Å². The summed E-state index contributed by atoms with van der Waals surface area (Å²) >= 11 is 0. The largest absolute Gasteiger partial charge is 0.507 e. The van der Waals surface area contributed by atoms with Gasteiger partial charge in [-0.1, -0.05) is 38.8 Å². The van der Waals surface area contributed by atoms with E-state index in [0.29, 0.717) is 24.3 Å². The van der Waals surface area contributed by atoms with Gasteiger partial charge in [0.25, 0.3) is 0 Å². The van der Waals surface area contributed by atoms with Gasteiger partial charge < -0.3 is 14.6 Å². The fourth-order valence-electron chi connectivity index (χ4n) is 4.11. The van der Waals surface area contributed by atoms with Crippen molar-refractivity contribution >= 4 is 11.8 Å². The molecule has 0 radical (unpaired) electrons. The second-order valence-corrected chi connectivity index (χ2v) is 7.75. The Balaban J connectivity index is 2.12. The predicted octanol–water partition coefficient (Wildman–Crippen LogP) is 4.88. The van der Waals surface area contributed by atoms with Crippen LogP contribution in [0.5, 0.6) is 5.75 Å². The van der Waals surface area contributed by atoms with E-state index in [1.54, 1.807) is 18.2 Å². The highest BCUT2D eigenvalue weighted by atomic mass is 16.4. The van der Waals surface area contributed by atoms with E-state index in [4.69, 9.17) is 9.52 Å². The Morgan fingerprint density at radius 1 is 1.14 bits per heavy atom. The van der Waals surface area contributed by atoms with Crippen LogP contribution < -0.4 is 10.9 Å². The summed E-state index contributed by atoms with van der Waals surface area (Å²) in [7, 11) is 0. The first-order valence-electron chi connectivity index (χ1n) is 9.86. The standard InChI is InChI=1S/C22H27NO5/c1-13(2)18(14-8-7-9-15(12-14)23-22(26)27)19-20(24)16-10-5-3-4-6-11-17(16)28-21(19)25/h7-9,12-13,18,23-24H,3-6,10-11H2,1-2H3,(H,26,27). The lowest BCUT2D eigenvalue weighted by Crippen LogP contribution is -2.21. The van der Waals surface area contributed by atoms with Crippen LogP contribution in [0.15, 0.2) is 33.5 Å². The molecule has 3 rings (SSSR count). The molecule has 6 heteroatoms. The molecule has 0 saturated heterocycles. The van der Waals surface area contributed by atoms with Gasteiger partial charge in [-0.2, -0.15) is 0 Å². The number of rotatable bonds is 4. The zero-order valence-electron chi connectivity index (χ0n) is 16.3. The van der Waals surface area contributed by atoms with E-state index < -0.39 is 17.6 Å². The van der Waals surface area contributed by atoms with E-state index >= 15 is 0 Å². The van der Waals surface area contributed by atoms with E-state index in [1.807, 2.05) is 19.9 Å². The number of aromatic hydroxyl groups is 1. The van der Waals surface area contributed by atoms with Crippen LogP contribution in [0.3, 0.4) is 0 Å². The molecule has 0 bridgehead atoms. The Labute approximate surface area is 164 Å². The van der Waals surface area contributed by atoms with Gasteiger partial charge in [-0.05, 0) is 42.9 Å². The molecule has 0 saturated carbocycles. The minimum atomic E-state index is -1.15. The molecule has 1 aromatic carbocycles. The van der Waals surface area contributed by atoms with Crippen molar-refractivity contribution in [2.24, 2.45) is 5.92 Å². The van der Waals surface area contributed by atoms with E-state index in [2.05, 4.69) is 5.32 Å². The van der Waals surface area contributed by atoms with Crippen molar-refractivity contribution < 1.29 is 19.4 Å². The number of benzene rings is 1. The van der Waals surface area contributed by atoms with Gasteiger partial charge in [-0.3, -0.25) is 5.32 Å². The van der Waals surface area contributed by atoms with Crippen LogP contribution in [-0.4, -0.2) is 16.3 Å². The highest BCUT2D eigenvalue weighted by molar-refractivity contribution is 5.82. The van der Waals surface area contributed by atoms with Crippen LogP contribution >= 0.6 is 0 Å². The first-order valence-corrected chi connectivity index (χ1v) is 9.86. The topological polar surface area (TPSA) is 99.8 Å². The van der Waals surface area contributed by atoms with Crippen LogP contribution in [0.2, 0.25) is 0 Å². The molecule has 0 spiro atoms. The Morgan fingerprint density at radius 2 is 1.86 bits per heavy atom. The second kappa shape index (κ2) is 8.50. The third-order valence-corrected chi connectivity index (χ3v) is 5.37. The SMILES string of the molecule is CC(C)C(c1cccc(NC(=O)O)c1)c1c(O)c2c(oc1=O)CCCCCC2. The molecular weight excluding hydrogens is 358 g/mol. The minimum Gasteiger partial charge on any atom is -0.507 e. The summed E-state index contributed by atoms with van der Waals surface area (Å²) in [5, 5.41) is 22.4. The van der Waals surface area contributed by atoms with Crippen molar-refractivity contribution in [2.45, 2.75) is 58.3 Å². The van der Waals surface area contributed by atoms with Crippen LogP contribution in [0.1, 0.15) is 67.9 Å². The van der Waals surface area contributed by atoms with Crippen molar-refractivity contribution in [3.8, 4) is 5.75 Å². The molecule has 1 aliphatic rings. The van der Waals surface area contributed by atoms with E-state index in [-0.39, 0.29) is 17.2 Å². The Bertz CT molecular complexity index is 916. The molecule has 1 aliphatic carbocycles. The molecular formula is C22H27NO5. The first kappa shape index (κ1) is 20.0. The fraction of sp³-hybridized carbons (Fsp3) is 0.455. The van der Waals surface area contributed by atoms with Gasteiger partial charge in [0, 0.05) is 23.6 Å². The molecule has 1 atom stereocenters. The number of fused-ring (bicyclic) bond motifs is 1. The maximum atomic E-state index is 12.9. The summed E-state index contributed by atoms with van der Waals surface area (Å²) in [4.78, 5) is 23.8. The molecule has 1 amide bonds. The summed E-state index contributed by atoms with van der Waals surface area (Å²) < 4.78 is 5.67. The minimum absolute atomic E-state index is 0.000448. The van der Waals surface area contributed by atoms with Gasteiger partial charge in [0.1, 0.15) is 11.5 Å². The monoisotopic (exact) mass is 385 g/mol. The lowest BCUT2D eigenvalue weighted by Gasteiger charge is -2.24. The third-order valence-electron chi connectivity index (χ3n) is 5.37. The maximum Gasteiger partial charge on any atom is 0.409 e. The zero-order chi connectivity index (χ0) is 20.3. The Hall–Kier alpha value is -2.76. The number of carboxylic acid groups (broad SMARTS) is 1. The zero-order valence-corrected chi connectivity index (χ0v) is 16.3. The average Bonchev–Trinajstić information content (AvgIpc) is 2.59. The normalized spacial score (nSPS) is 15.4. The molecule has 6 nitrogen and oxygen atoms in total. The molecule has 0 aliphatic heterocycles. The number of hydrogen-bond donors (Lipinski definition) is 3. The molecule has 1 heterocycles. The summed E-state index contributed by atoms with van der Waals surface area (Å²) in [6, 6.07) is 6.93.